The van der Waals surface area contributed by atoms with Gasteiger partial charge in [0.25, 0.3) is 14.4 Å². The van der Waals surface area contributed by atoms with E-state index in [4.69, 9.17) is 72.4 Å². The standard InChI is InChI=1S/C88H100N14O15P2/c1-11-12-45-111-118(102(58(4)5)59(6)7)116-72-47-78(100-55-95-80-82(91-53-93-84(80)100)97-77(104)28-20-44-99(8)87(106)109-50-71-69-26-18-16-24-67(69)68-25-17-19-27-70(68)71)115-75(72)52-113-119(112-46-21-43-89)117-73-48-79(101-56-96-81-83(92-54-94-85(81)101)98-86(105)61-32-30-60(31-33-61)49-90-76(103)42-29-57(2)3)114-74(73)51-110-88(62-22-14-13-15-23-62,63-34-38-65(107-9)39-35-63)64-36-40-66(108-10)41-37-64/h1,13-19,22-27,30-41,53-59,71-75,78-79H,12,20-21,28-29,42,44-52H2,2-10H3,(H,90,103)(H,91,93,97,104)(H,92,94,98,105). The number of imidazole rings is 2. The van der Waals surface area contributed by atoms with Crippen molar-refractivity contribution in [3.63, 3.8) is 0 Å². The highest BCUT2D eigenvalue weighted by Gasteiger charge is 2.47. The number of rotatable bonds is 40. The summed E-state index contributed by atoms with van der Waals surface area (Å²) in [6.45, 7) is 13.0. The molecule has 6 aromatic carbocycles. The number of benzene rings is 6. The molecule has 10 aromatic rings. The van der Waals surface area contributed by atoms with Gasteiger partial charge in [-0.05, 0) is 127 Å². The van der Waals surface area contributed by atoms with Crippen LogP contribution in [0.2, 0.25) is 0 Å². The maximum absolute atomic E-state index is 14.0. The molecule has 29 nitrogen and oxygen atoms in total. The Morgan fingerprint density at radius 3 is 1.75 bits per heavy atom. The van der Waals surface area contributed by atoms with Gasteiger partial charge in [-0.25, -0.2) is 39.4 Å². The Kier molecular flexibility index (Phi) is 29.5. The van der Waals surface area contributed by atoms with E-state index >= 15 is 0 Å². The minimum Gasteiger partial charge on any atom is -0.497 e. The predicted octanol–water partition coefficient (Wildman–Crippen LogP) is 15.5. The number of fused-ring (bicyclic) bond motifs is 5. The van der Waals surface area contributed by atoms with E-state index in [2.05, 4.69) is 113 Å². The number of nitrogens with one attached hydrogen (secondary N) is 3. The molecule has 3 N–H and O–H groups in total. The van der Waals surface area contributed by atoms with Gasteiger partial charge < -0.3 is 71.9 Å². The van der Waals surface area contributed by atoms with Gasteiger partial charge in [0.1, 0.15) is 61.0 Å². The molecule has 119 heavy (non-hydrogen) atoms. The van der Waals surface area contributed by atoms with Gasteiger partial charge in [-0.3, -0.25) is 23.5 Å². The van der Waals surface area contributed by atoms with E-state index in [1.165, 1.54) is 17.6 Å². The van der Waals surface area contributed by atoms with Gasteiger partial charge in [0.05, 0.1) is 78.0 Å². The lowest BCUT2D eigenvalue weighted by molar-refractivity contribution is -0.121. The van der Waals surface area contributed by atoms with E-state index in [9.17, 15) is 24.4 Å². The number of carbonyl (C=O) groups is 4. The zero-order valence-corrected chi connectivity index (χ0v) is 69.9. The lowest BCUT2D eigenvalue weighted by Gasteiger charge is -2.37. The van der Waals surface area contributed by atoms with Crippen molar-refractivity contribution in [3.8, 4) is 41.0 Å². The van der Waals surface area contributed by atoms with E-state index in [1.54, 1.807) is 67.3 Å². The molecule has 31 heteroatoms. The average Bonchev–Trinajstić information content (AvgIpc) is 1.73. The van der Waals surface area contributed by atoms with Crippen molar-refractivity contribution in [2.45, 2.75) is 160 Å². The van der Waals surface area contributed by atoms with Crippen molar-refractivity contribution in [2.75, 3.05) is 71.5 Å². The fourth-order valence-corrected chi connectivity index (χ4v) is 17.8. The normalized spacial score (nSPS) is 17.6. The highest BCUT2D eigenvalue weighted by molar-refractivity contribution is 7.44. The predicted molar refractivity (Wildman–Crippen MR) is 449 cm³/mol. The van der Waals surface area contributed by atoms with Crippen molar-refractivity contribution in [2.24, 2.45) is 5.92 Å². The van der Waals surface area contributed by atoms with Crippen LogP contribution in [0.25, 0.3) is 33.5 Å². The number of carbonyl (C=O) groups excluding carboxylic acids is 4. The smallest absolute Gasteiger partial charge is 0.409 e. The zero-order chi connectivity index (χ0) is 83.5. The molecule has 6 heterocycles. The summed E-state index contributed by atoms with van der Waals surface area (Å²) in [7, 11) is 0.651. The maximum atomic E-state index is 14.0. The lowest BCUT2D eigenvalue weighted by Crippen LogP contribution is -2.38. The van der Waals surface area contributed by atoms with Crippen LogP contribution in [0.5, 0.6) is 11.5 Å². The molecule has 622 valence electrons. The minimum atomic E-state index is -2.41. The van der Waals surface area contributed by atoms with Crippen molar-refractivity contribution < 1.29 is 70.2 Å². The average molecular weight is 1660 g/mol. The molecule has 4 aromatic heterocycles. The van der Waals surface area contributed by atoms with Crippen LogP contribution in [0, 0.1) is 29.6 Å². The fourth-order valence-electron chi connectivity index (χ4n) is 14.9. The largest absolute Gasteiger partial charge is 0.497 e. The minimum absolute atomic E-state index is 0.0132. The molecule has 2 saturated heterocycles. The van der Waals surface area contributed by atoms with Crippen molar-refractivity contribution >= 4 is 74.9 Å². The third kappa shape index (κ3) is 20.8. The summed E-state index contributed by atoms with van der Waals surface area (Å²) in [5.74, 6) is 3.76. The Hall–Kier alpha value is -10.8. The van der Waals surface area contributed by atoms with Crippen molar-refractivity contribution in [1.82, 2.24) is 53.9 Å². The van der Waals surface area contributed by atoms with Gasteiger partial charge in [-0.2, -0.15) is 5.26 Å². The Morgan fingerprint density at radius 1 is 0.622 bits per heavy atom. The van der Waals surface area contributed by atoms with E-state index in [0.717, 1.165) is 50.9 Å². The summed E-state index contributed by atoms with van der Waals surface area (Å²) in [4.78, 5) is 83.0. The van der Waals surface area contributed by atoms with Gasteiger partial charge in [-0.1, -0.05) is 129 Å². The van der Waals surface area contributed by atoms with E-state index in [1.807, 2.05) is 103 Å². The molecule has 0 radical (unpaired) electrons. The third-order valence-electron chi connectivity index (χ3n) is 20.9. The van der Waals surface area contributed by atoms with Crippen LogP contribution in [-0.4, -0.2) is 170 Å². The third-order valence-corrected chi connectivity index (χ3v) is 24.3. The van der Waals surface area contributed by atoms with Crippen LogP contribution in [0.3, 0.4) is 0 Å². The Bertz CT molecular complexity index is 5070. The number of anilines is 2. The first kappa shape index (κ1) is 86.1. The number of aromatic nitrogens is 8. The number of methoxy groups -OCH3 is 2. The van der Waals surface area contributed by atoms with Gasteiger partial charge in [0, 0.05) is 75.8 Å². The first-order valence-corrected chi connectivity index (χ1v) is 42.2. The molecule has 2 fully saturated rings. The number of ether oxygens (including phenoxy) is 6. The Morgan fingerprint density at radius 2 is 1.18 bits per heavy atom. The maximum Gasteiger partial charge on any atom is 0.409 e. The summed E-state index contributed by atoms with van der Waals surface area (Å²) in [5.41, 5.74) is 7.96. The number of amides is 4. The Labute approximate surface area is 695 Å². The summed E-state index contributed by atoms with van der Waals surface area (Å²) in [6.07, 6.45) is 8.35. The molecule has 0 spiro atoms. The summed E-state index contributed by atoms with van der Waals surface area (Å²) in [5, 5.41) is 18.8. The summed E-state index contributed by atoms with van der Waals surface area (Å²) >= 11 is 0. The molecule has 8 atom stereocenters. The van der Waals surface area contributed by atoms with Crippen LogP contribution in [-0.2, 0) is 63.3 Å². The second kappa shape index (κ2) is 40.8. The number of hydrogen-bond acceptors (Lipinski definition) is 23. The van der Waals surface area contributed by atoms with Crippen LogP contribution in [0.4, 0.5) is 16.4 Å². The number of nitrogens with zero attached hydrogens (tertiary/aromatic N) is 11. The molecule has 0 saturated carbocycles. The summed E-state index contributed by atoms with van der Waals surface area (Å²) < 4.78 is 79.0. The van der Waals surface area contributed by atoms with Crippen LogP contribution in [0.1, 0.15) is 155 Å². The molecule has 3 aliphatic rings. The topological polar surface area (TPSA) is 323 Å². The SMILES string of the molecule is C#CCCOP(OC1CC(n2cnc3c(NC(=O)CCCN(C)C(=O)OCC4c5ccccc5-c5ccccc54)ncnc32)OC1COP(OCCC#N)OC1CC(n2cnc3c(NC(=O)c4ccc(CNC(=O)CCC(C)C)cc4)ncnc32)OC1COC(c1ccccc1)(c1ccc(OC)cc1)c1ccc(OC)cc1)N(C(C)C)C(C)C. The van der Waals surface area contributed by atoms with Gasteiger partial charge in [-0.15, -0.1) is 12.3 Å². The summed E-state index contributed by atoms with van der Waals surface area (Å²) in [6, 6.07) is 50.6. The second-order valence-electron chi connectivity index (χ2n) is 30.0. The van der Waals surface area contributed by atoms with Gasteiger partial charge in [0.15, 0.2) is 34.0 Å². The quantitative estimate of drug-likeness (QED) is 0.0139. The number of hydrogen-bond donors (Lipinski definition) is 3. The van der Waals surface area contributed by atoms with Crippen molar-refractivity contribution in [1.29, 1.82) is 5.26 Å². The fraction of sp³-hybridized carbons (Fsp3) is 0.398. The molecule has 13 rings (SSSR count). The molecule has 0 bridgehead atoms. The lowest BCUT2D eigenvalue weighted by atomic mass is 9.80. The van der Waals surface area contributed by atoms with E-state index < -0.39 is 71.6 Å². The highest BCUT2D eigenvalue weighted by Crippen LogP contribution is 2.53. The van der Waals surface area contributed by atoms with Crippen molar-refractivity contribution in [3.05, 3.63) is 216 Å². The first-order valence-electron chi connectivity index (χ1n) is 39.9. The molecule has 2 aliphatic heterocycles. The van der Waals surface area contributed by atoms with Gasteiger partial charge in [0.2, 0.25) is 11.8 Å². The molecular weight excluding hydrogens is 1550 g/mol. The monoisotopic (exact) mass is 1650 g/mol. The van der Waals surface area contributed by atoms with E-state index in [-0.39, 0.29) is 112 Å². The van der Waals surface area contributed by atoms with Crippen LogP contribution < -0.4 is 25.4 Å². The molecule has 8 unspecified atom stereocenters. The molecule has 4 amide bonds. The first-order chi connectivity index (χ1) is 57.8. The Balaban J connectivity index is 0.762. The van der Waals surface area contributed by atoms with Crippen LogP contribution >= 0.6 is 17.1 Å². The van der Waals surface area contributed by atoms with Gasteiger partial charge >= 0.3 is 14.7 Å². The highest BCUT2D eigenvalue weighted by atomic mass is 31.2. The van der Waals surface area contributed by atoms with E-state index in [0.29, 0.717) is 65.6 Å². The zero-order valence-electron chi connectivity index (χ0n) is 68.1. The van der Waals surface area contributed by atoms with Crippen LogP contribution in [0.15, 0.2) is 177 Å². The molecular formula is C88H100N14O15P2. The molecule has 1 aliphatic carbocycles. The second-order valence-corrected chi connectivity index (χ2v) is 32.6. The number of terminal acetylenes is 1. The number of nitriles is 1.